The fourth-order valence-corrected chi connectivity index (χ4v) is 2.12. The quantitative estimate of drug-likeness (QED) is 0.840. The van der Waals surface area contributed by atoms with Gasteiger partial charge in [-0.1, -0.05) is 36.8 Å². The van der Waals surface area contributed by atoms with E-state index in [0.29, 0.717) is 6.54 Å². The fraction of sp³-hybridized carbons (Fsp3) is 0.333. The van der Waals surface area contributed by atoms with Crippen molar-refractivity contribution >= 4 is 0 Å². The summed E-state index contributed by atoms with van der Waals surface area (Å²) in [5.41, 5.74) is 8.16. The molecule has 0 amide bonds. The maximum atomic E-state index is 5.98. The van der Waals surface area contributed by atoms with Crippen molar-refractivity contribution in [1.29, 1.82) is 0 Å². The highest BCUT2D eigenvalue weighted by Crippen LogP contribution is 2.24. The van der Waals surface area contributed by atoms with Gasteiger partial charge in [0.1, 0.15) is 17.6 Å². The summed E-state index contributed by atoms with van der Waals surface area (Å²) in [6.45, 7) is 5.33. The van der Waals surface area contributed by atoms with Gasteiger partial charge in [-0.3, -0.25) is 0 Å². The lowest BCUT2D eigenvalue weighted by atomic mass is 10.1. The molecule has 2 N–H and O–H groups in total. The van der Waals surface area contributed by atoms with E-state index in [1.165, 1.54) is 5.56 Å². The van der Waals surface area contributed by atoms with Crippen molar-refractivity contribution in [2.24, 2.45) is 5.73 Å². The molecule has 0 aliphatic carbocycles. The lowest BCUT2D eigenvalue weighted by Crippen LogP contribution is -2.18. The van der Waals surface area contributed by atoms with E-state index < -0.39 is 0 Å². The Morgan fingerprint density at radius 3 is 2.38 bits per heavy atom. The minimum Gasteiger partial charge on any atom is -0.494 e. The van der Waals surface area contributed by atoms with Gasteiger partial charge in [-0.15, -0.1) is 0 Å². The van der Waals surface area contributed by atoms with Crippen molar-refractivity contribution in [2.75, 3.05) is 13.2 Å². The van der Waals surface area contributed by atoms with E-state index in [2.05, 4.69) is 26.0 Å². The molecular weight excluding hydrogens is 262 g/mol. The summed E-state index contributed by atoms with van der Waals surface area (Å²) in [6.07, 6.45) is 0.869. The van der Waals surface area contributed by atoms with Crippen LogP contribution in [0, 0.1) is 6.92 Å². The van der Waals surface area contributed by atoms with Crippen LogP contribution in [0.3, 0.4) is 0 Å². The van der Waals surface area contributed by atoms with E-state index >= 15 is 0 Å². The Hall–Kier alpha value is -2.00. The number of hydrogen-bond donors (Lipinski definition) is 1. The summed E-state index contributed by atoms with van der Waals surface area (Å²) in [5.74, 6) is 1.67. The molecule has 0 radical (unpaired) electrons. The van der Waals surface area contributed by atoms with Crippen LogP contribution in [0.25, 0.3) is 0 Å². The standard InChI is InChI=1S/C18H23NO2/c1-3-11-20-16-7-9-17(10-8-16)21-18(13-19)15-6-4-5-14(2)12-15/h4-10,12,18H,3,11,13,19H2,1-2H3. The zero-order valence-corrected chi connectivity index (χ0v) is 12.7. The first-order valence-electron chi connectivity index (χ1n) is 7.39. The maximum absolute atomic E-state index is 5.98. The highest BCUT2D eigenvalue weighted by Gasteiger charge is 2.11. The Kier molecular flexibility index (Phi) is 5.64. The minimum atomic E-state index is -0.132. The van der Waals surface area contributed by atoms with Crippen LogP contribution >= 0.6 is 0 Å². The zero-order valence-electron chi connectivity index (χ0n) is 12.7. The molecule has 1 unspecified atom stereocenters. The van der Waals surface area contributed by atoms with Gasteiger partial charge >= 0.3 is 0 Å². The monoisotopic (exact) mass is 285 g/mol. The molecule has 3 nitrogen and oxygen atoms in total. The van der Waals surface area contributed by atoms with Gasteiger partial charge < -0.3 is 15.2 Å². The number of benzene rings is 2. The van der Waals surface area contributed by atoms with Crippen molar-refractivity contribution in [3.8, 4) is 11.5 Å². The third-order valence-electron chi connectivity index (χ3n) is 3.20. The van der Waals surface area contributed by atoms with Gasteiger partial charge in [0, 0.05) is 6.54 Å². The molecule has 0 bridgehead atoms. The van der Waals surface area contributed by atoms with Crippen LogP contribution in [0.15, 0.2) is 48.5 Å². The fourth-order valence-electron chi connectivity index (χ4n) is 2.12. The topological polar surface area (TPSA) is 44.5 Å². The zero-order chi connectivity index (χ0) is 15.1. The molecule has 3 heteroatoms. The van der Waals surface area contributed by atoms with E-state index in [-0.39, 0.29) is 6.10 Å². The van der Waals surface area contributed by atoms with Gasteiger partial charge in [-0.05, 0) is 43.2 Å². The Morgan fingerprint density at radius 2 is 1.76 bits per heavy atom. The second-order valence-electron chi connectivity index (χ2n) is 5.08. The van der Waals surface area contributed by atoms with Gasteiger partial charge in [0.05, 0.1) is 6.61 Å². The first-order chi connectivity index (χ1) is 10.2. The molecule has 0 saturated carbocycles. The number of nitrogens with two attached hydrogens (primary N) is 1. The highest BCUT2D eigenvalue weighted by molar-refractivity contribution is 5.32. The summed E-state index contributed by atoms with van der Waals surface area (Å²) in [5, 5.41) is 0. The predicted octanol–water partition coefficient (Wildman–Crippen LogP) is 3.86. The van der Waals surface area contributed by atoms with Crippen LogP contribution in [0.2, 0.25) is 0 Å². The number of hydrogen-bond acceptors (Lipinski definition) is 3. The number of aryl methyl sites for hydroxylation is 1. The summed E-state index contributed by atoms with van der Waals surface area (Å²) in [6, 6.07) is 15.9. The van der Waals surface area contributed by atoms with E-state index in [1.807, 2.05) is 36.4 Å². The maximum Gasteiger partial charge on any atom is 0.136 e. The van der Waals surface area contributed by atoms with E-state index in [1.54, 1.807) is 0 Å². The molecular formula is C18H23NO2. The number of ether oxygens (including phenoxy) is 2. The summed E-state index contributed by atoms with van der Waals surface area (Å²) in [4.78, 5) is 0. The van der Waals surface area contributed by atoms with Crippen LogP contribution in [0.1, 0.15) is 30.6 Å². The molecule has 0 spiro atoms. The Bertz CT molecular complexity index is 551. The third-order valence-corrected chi connectivity index (χ3v) is 3.20. The summed E-state index contributed by atoms with van der Waals surface area (Å²) < 4.78 is 11.5. The molecule has 0 aromatic heterocycles. The molecule has 21 heavy (non-hydrogen) atoms. The molecule has 112 valence electrons. The first-order valence-corrected chi connectivity index (χ1v) is 7.39. The van der Waals surface area contributed by atoms with Crippen LogP contribution < -0.4 is 15.2 Å². The van der Waals surface area contributed by atoms with Gasteiger partial charge in [-0.2, -0.15) is 0 Å². The molecule has 1 atom stereocenters. The van der Waals surface area contributed by atoms with Gasteiger partial charge in [0.2, 0.25) is 0 Å². The molecule has 0 fully saturated rings. The molecule has 2 aromatic carbocycles. The predicted molar refractivity (Wildman–Crippen MR) is 85.8 cm³/mol. The van der Waals surface area contributed by atoms with Crippen molar-refractivity contribution in [3.05, 3.63) is 59.7 Å². The van der Waals surface area contributed by atoms with Crippen molar-refractivity contribution in [2.45, 2.75) is 26.4 Å². The molecule has 0 aliphatic rings. The average Bonchev–Trinajstić information content (AvgIpc) is 2.51. The SMILES string of the molecule is CCCOc1ccc(OC(CN)c2cccc(C)c2)cc1. The van der Waals surface area contributed by atoms with Crippen molar-refractivity contribution < 1.29 is 9.47 Å². The van der Waals surface area contributed by atoms with Gasteiger partial charge in [-0.25, -0.2) is 0 Å². The van der Waals surface area contributed by atoms with E-state index in [4.69, 9.17) is 15.2 Å². The Morgan fingerprint density at radius 1 is 1.05 bits per heavy atom. The average molecular weight is 285 g/mol. The summed E-state index contributed by atoms with van der Waals surface area (Å²) >= 11 is 0. The lowest BCUT2D eigenvalue weighted by Gasteiger charge is -2.18. The smallest absolute Gasteiger partial charge is 0.136 e. The molecule has 2 rings (SSSR count). The van der Waals surface area contributed by atoms with Gasteiger partial charge in [0.15, 0.2) is 0 Å². The van der Waals surface area contributed by atoms with Crippen LogP contribution in [-0.2, 0) is 0 Å². The van der Waals surface area contributed by atoms with Crippen molar-refractivity contribution in [3.63, 3.8) is 0 Å². The van der Waals surface area contributed by atoms with E-state index in [9.17, 15) is 0 Å². The second kappa shape index (κ2) is 7.70. The second-order valence-corrected chi connectivity index (χ2v) is 5.08. The van der Waals surface area contributed by atoms with E-state index in [0.717, 1.165) is 30.1 Å². The van der Waals surface area contributed by atoms with Crippen LogP contribution in [-0.4, -0.2) is 13.2 Å². The molecule has 0 saturated heterocycles. The van der Waals surface area contributed by atoms with Crippen LogP contribution in [0.4, 0.5) is 0 Å². The Balaban J connectivity index is 2.04. The van der Waals surface area contributed by atoms with Gasteiger partial charge in [0.25, 0.3) is 0 Å². The third kappa shape index (κ3) is 4.50. The normalized spacial score (nSPS) is 12.0. The minimum absolute atomic E-state index is 0.132. The highest BCUT2D eigenvalue weighted by atomic mass is 16.5. The molecule has 0 aliphatic heterocycles. The number of rotatable bonds is 7. The molecule has 2 aromatic rings. The van der Waals surface area contributed by atoms with Crippen LogP contribution in [0.5, 0.6) is 11.5 Å². The molecule has 0 heterocycles. The summed E-state index contributed by atoms with van der Waals surface area (Å²) in [7, 11) is 0. The lowest BCUT2D eigenvalue weighted by molar-refractivity contribution is 0.213. The Labute approximate surface area is 126 Å². The first kappa shape index (κ1) is 15.4. The largest absolute Gasteiger partial charge is 0.494 e. The van der Waals surface area contributed by atoms with Crippen molar-refractivity contribution in [1.82, 2.24) is 0 Å².